The second-order valence-corrected chi connectivity index (χ2v) is 6.85. The molecule has 1 aliphatic heterocycles. The van der Waals surface area contributed by atoms with Gasteiger partial charge in [-0.15, -0.1) is 0 Å². The summed E-state index contributed by atoms with van der Waals surface area (Å²) < 4.78 is 49.6. The molecule has 0 aromatic heterocycles. The molecule has 1 heterocycles. The van der Waals surface area contributed by atoms with Crippen molar-refractivity contribution in [2.75, 3.05) is 13.7 Å². The first-order valence-electron chi connectivity index (χ1n) is 7.81. The van der Waals surface area contributed by atoms with E-state index in [1.807, 2.05) is 0 Å². The summed E-state index contributed by atoms with van der Waals surface area (Å²) in [7, 11) is 0.936. The predicted molar refractivity (Wildman–Crippen MR) is 80.4 cm³/mol. The number of esters is 1. The Morgan fingerprint density at radius 1 is 1.29 bits per heavy atom. The van der Waals surface area contributed by atoms with Gasteiger partial charge in [0, 0.05) is 12.6 Å². The number of ether oxygens (including phenoxy) is 2. The van der Waals surface area contributed by atoms with Crippen LogP contribution in [-0.2, 0) is 14.3 Å². The highest BCUT2D eigenvalue weighted by Gasteiger charge is 2.62. The minimum atomic E-state index is -4.75. The number of rotatable bonds is 4. The molecule has 0 bridgehead atoms. The highest BCUT2D eigenvalue weighted by molar-refractivity contribution is 5.82. The number of methoxy groups -OCH3 is 1. The van der Waals surface area contributed by atoms with Gasteiger partial charge in [-0.25, -0.2) is 9.59 Å². The molecule has 1 amide bonds. The summed E-state index contributed by atoms with van der Waals surface area (Å²) in [5.74, 6) is -1.33. The minimum absolute atomic E-state index is 0.141. The summed E-state index contributed by atoms with van der Waals surface area (Å²) in [5, 5.41) is 4.89. The zero-order valence-electron chi connectivity index (χ0n) is 14.4. The number of hydrogen-bond acceptors (Lipinski definition) is 5. The lowest BCUT2D eigenvalue weighted by molar-refractivity contribution is -0.219. The summed E-state index contributed by atoms with van der Waals surface area (Å²) in [5.41, 5.74) is -3.33. The molecule has 2 atom stereocenters. The van der Waals surface area contributed by atoms with Crippen LogP contribution < -0.4 is 10.6 Å². The lowest BCUT2D eigenvalue weighted by Gasteiger charge is -2.41. The van der Waals surface area contributed by atoms with Crippen molar-refractivity contribution in [3.63, 3.8) is 0 Å². The average molecular weight is 354 g/mol. The zero-order chi connectivity index (χ0) is 18.6. The van der Waals surface area contributed by atoms with E-state index in [0.717, 1.165) is 7.11 Å². The van der Waals surface area contributed by atoms with Crippen LogP contribution in [0.2, 0.25) is 0 Å². The monoisotopic (exact) mass is 354 g/mol. The lowest BCUT2D eigenvalue weighted by Crippen LogP contribution is -2.67. The average Bonchev–Trinajstić information content (AvgIpc) is 2.43. The molecule has 0 radical (unpaired) electrons. The molecular formula is C15H25F3N2O4. The van der Waals surface area contributed by atoms with Crippen LogP contribution >= 0.6 is 0 Å². The van der Waals surface area contributed by atoms with Gasteiger partial charge in [-0.3, -0.25) is 5.32 Å². The van der Waals surface area contributed by atoms with Gasteiger partial charge in [0.1, 0.15) is 5.60 Å². The summed E-state index contributed by atoms with van der Waals surface area (Å²) >= 11 is 0. The summed E-state index contributed by atoms with van der Waals surface area (Å²) in [6, 6.07) is -0.561. The third-order valence-electron chi connectivity index (χ3n) is 3.73. The van der Waals surface area contributed by atoms with Crippen molar-refractivity contribution in [1.82, 2.24) is 10.6 Å². The maximum atomic E-state index is 13.4. The number of halogens is 3. The van der Waals surface area contributed by atoms with Crippen molar-refractivity contribution in [3.05, 3.63) is 0 Å². The van der Waals surface area contributed by atoms with Crippen molar-refractivity contribution in [1.29, 1.82) is 0 Å². The Labute approximate surface area is 139 Å². The first-order valence-corrected chi connectivity index (χ1v) is 7.81. The van der Waals surface area contributed by atoms with Gasteiger partial charge in [-0.1, -0.05) is 0 Å². The van der Waals surface area contributed by atoms with E-state index in [1.54, 1.807) is 20.8 Å². The molecular weight excluding hydrogens is 329 g/mol. The Bertz CT molecular complexity index is 463. The fourth-order valence-electron chi connectivity index (χ4n) is 2.66. The predicted octanol–water partition coefficient (Wildman–Crippen LogP) is 2.52. The highest BCUT2D eigenvalue weighted by Crippen LogP contribution is 2.39. The molecule has 1 saturated heterocycles. The second-order valence-electron chi connectivity index (χ2n) is 6.85. The number of alkyl halides is 3. The maximum absolute atomic E-state index is 13.4. The molecule has 0 spiro atoms. The van der Waals surface area contributed by atoms with E-state index in [-0.39, 0.29) is 25.8 Å². The first kappa shape index (κ1) is 20.5. The van der Waals surface area contributed by atoms with Gasteiger partial charge < -0.3 is 14.8 Å². The number of carbonyl (C=O) groups is 2. The number of alkyl carbamates (subject to hydrolysis) is 1. The molecule has 0 aromatic carbocycles. The summed E-state index contributed by atoms with van der Waals surface area (Å²) in [6.45, 7) is 5.28. The minimum Gasteiger partial charge on any atom is -0.467 e. The highest BCUT2D eigenvalue weighted by atomic mass is 19.4. The topological polar surface area (TPSA) is 76.7 Å². The Hall–Kier alpha value is -1.51. The smallest absolute Gasteiger partial charge is 0.417 e. The fraction of sp³-hybridized carbons (Fsp3) is 0.867. The normalized spacial score (nSPS) is 25.0. The third kappa shape index (κ3) is 5.25. The van der Waals surface area contributed by atoms with Crippen LogP contribution in [0.1, 0.15) is 46.5 Å². The molecule has 0 aromatic rings. The van der Waals surface area contributed by atoms with Crippen LogP contribution in [0.4, 0.5) is 18.0 Å². The maximum Gasteiger partial charge on any atom is 0.417 e. The van der Waals surface area contributed by atoms with E-state index in [0.29, 0.717) is 6.42 Å². The van der Waals surface area contributed by atoms with Crippen molar-refractivity contribution in [2.45, 2.75) is 69.8 Å². The van der Waals surface area contributed by atoms with Gasteiger partial charge in [0.15, 0.2) is 0 Å². The second kappa shape index (κ2) is 7.58. The third-order valence-corrected chi connectivity index (χ3v) is 3.73. The van der Waals surface area contributed by atoms with Crippen molar-refractivity contribution in [3.8, 4) is 0 Å². The molecule has 1 aliphatic rings. The van der Waals surface area contributed by atoms with E-state index in [1.165, 1.54) is 0 Å². The zero-order valence-corrected chi connectivity index (χ0v) is 14.4. The lowest BCUT2D eigenvalue weighted by atomic mass is 9.84. The van der Waals surface area contributed by atoms with E-state index >= 15 is 0 Å². The first-order chi connectivity index (χ1) is 10.9. The van der Waals surface area contributed by atoms with Gasteiger partial charge in [0.25, 0.3) is 0 Å². The van der Waals surface area contributed by atoms with Gasteiger partial charge in [-0.05, 0) is 46.5 Å². The van der Waals surface area contributed by atoms with Crippen LogP contribution in [0.15, 0.2) is 0 Å². The van der Waals surface area contributed by atoms with Gasteiger partial charge in [0.05, 0.1) is 7.11 Å². The molecule has 2 N–H and O–H groups in total. The molecule has 1 rings (SSSR count). The molecule has 0 saturated carbocycles. The molecule has 1 fully saturated rings. The molecule has 140 valence electrons. The summed E-state index contributed by atoms with van der Waals surface area (Å²) in [4.78, 5) is 23.3. The van der Waals surface area contributed by atoms with E-state index in [4.69, 9.17) is 4.74 Å². The van der Waals surface area contributed by atoms with Crippen LogP contribution in [0.5, 0.6) is 0 Å². The number of nitrogens with one attached hydrogen (secondary N) is 2. The quantitative estimate of drug-likeness (QED) is 0.759. The molecule has 6 nitrogen and oxygen atoms in total. The Balaban J connectivity index is 2.62. The van der Waals surface area contributed by atoms with Crippen molar-refractivity contribution >= 4 is 12.1 Å². The molecule has 0 aliphatic carbocycles. The largest absolute Gasteiger partial charge is 0.467 e. The number of amides is 1. The van der Waals surface area contributed by atoms with Crippen LogP contribution in [-0.4, -0.2) is 49.1 Å². The van der Waals surface area contributed by atoms with Crippen LogP contribution in [0.3, 0.4) is 0 Å². The Morgan fingerprint density at radius 2 is 1.92 bits per heavy atom. The van der Waals surface area contributed by atoms with Crippen molar-refractivity contribution < 1.29 is 32.2 Å². The van der Waals surface area contributed by atoms with Crippen LogP contribution in [0, 0.1) is 0 Å². The van der Waals surface area contributed by atoms with Gasteiger partial charge >= 0.3 is 18.2 Å². The van der Waals surface area contributed by atoms with E-state index in [2.05, 4.69) is 15.4 Å². The number of carbonyl (C=O) groups excluding carboxylic acids is 2. The van der Waals surface area contributed by atoms with Crippen molar-refractivity contribution in [2.24, 2.45) is 0 Å². The standard InChI is InChI=1S/C15H25F3N2O4/c1-13(2,3)24-12(22)19-9-7-10-6-5-8-14(20-10,11(21)23-4)15(16,17)18/h10,20H,5-9H2,1-4H3,(H,19,22)/t10-,14-/m0/s1. The molecule has 9 heteroatoms. The number of hydrogen-bond donors (Lipinski definition) is 2. The van der Waals surface area contributed by atoms with E-state index in [9.17, 15) is 22.8 Å². The summed E-state index contributed by atoms with van der Waals surface area (Å²) in [6.07, 6.45) is -4.79. The van der Waals surface area contributed by atoms with Gasteiger partial charge in [0.2, 0.25) is 5.54 Å². The van der Waals surface area contributed by atoms with E-state index < -0.39 is 35.4 Å². The fourth-order valence-corrected chi connectivity index (χ4v) is 2.66. The molecule has 24 heavy (non-hydrogen) atoms. The SMILES string of the molecule is COC(=O)[C@]1(C(F)(F)F)CCC[C@@H](CCNC(=O)OC(C)(C)C)N1. The Morgan fingerprint density at radius 3 is 2.42 bits per heavy atom. The Kier molecular flexibility index (Phi) is 6.49. The molecule has 0 unspecified atom stereocenters. The van der Waals surface area contributed by atoms with Crippen LogP contribution in [0.25, 0.3) is 0 Å². The number of piperidine rings is 1. The van der Waals surface area contributed by atoms with Gasteiger partial charge in [-0.2, -0.15) is 13.2 Å².